The third kappa shape index (κ3) is 3.94. The molecule has 0 radical (unpaired) electrons. The molecule has 3 rings (SSSR count). The fraction of sp³-hybridized carbons (Fsp3) is 0.235. The standard InChI is InChI=1S/C17H15BrF2N2O3S/c18-13-2-1-3-16(10-13)26(24,25)22-6-4-21(5-7-22)17(23)12-8-14(19)11-15(20)9-12/h1-3,8-11H,4-7H2. The van der Waals surface area contributed by atoms with Gasteiger partial charge in [0.15, 0.2) is 0 Å². The summed E-state index contributed by atoms with van der Waals surface area (Å²) in [6.07, 6.45) is 0. The maximum Gasteiger partial charge on any atom is 0.254 e. The van der Waals surface area contributed by atoms with Crippen LogP contribution in [-0.2, 0) is 10.0 Å². The Kier molecular flexibility index (Phi) is 5.40. The molecule has 0 atom stereocenters. The molecule has 2 aromatic carbocycles. The van der Waals surface area contributed by atoms with Crippen molar-refractivity contribution in [2.24, 2.45) is 0 Å². The minimum Gasteiger partial charge on any atom is -0.336 e. The highest BCUT2D eigenvalue weighted by molar-refractivity contribution is 9.10. The van der Waals surface area contributed by atoms with Gasteiger partial charge in [-0.05, 0) is 30.3 Å². The molecule has 0 spiro atoms. The molecule has 2 aromatic rings. The smallest absolute Gasteiger partial charge is 0.254 e. The summed E-state index contributed by atoms with van der Waals surface area (Å²) < 4.78 is 53.9. The third-order valence-electron chi connectivity index (χ3n) is 4.07. The number of halogens is 3. The predicted octanol–water partition coefficient (Wildman–Crippen LogP) is 2.87. The number of benzene rings is 2. The first kappa shape index (κ1) is 18.9. The molecule has 0 aromatic heterocycles. The lowest BCUT2D eigenvalue weighted by molar-refractivity contribution is 0.0697. The Bertz CT molecular complexity index is 925. The van der Waals surface area contributed by atoms with Crippen LogP contribution in [0.3, 0.4) is 0 Å². The number of hydrogen-bond donors (Lipinski definition) is 0. The molecule has 1 fully saturated rings. The second kappa shape index (κ2) is 7.42. The van der Waals surface area contributed by atoms with Gasteiger partial charge in [0, 0.05) is 42.3 Å². The average molecular weight is 445 g/mol. The van der Waals surface area contributed by atoms with E-state index in [0.717, 1.165) is 12.1 Å². The summed E-state index contributed by atoms with van der Waals surface area (Å²) in [5, 5.41) is 0. The van der Waals surface area contributed by atoms with E-state index in [1.165, 1.54) is 21.3 Å². The molecular formula is C17H15BrF2N2O3S. The Balaban J connectivity index is 1.72. The number of rotatable bonds is 3. The van der Waals surface area contributed by atoms with Crippen molar-refractivity contribution in [1.82, 2.24) is 9.21 Å². The number of hydrogen-bond acceptors (Lipinski definition) is 3. The molecular weight excluding hydrogens is 430 g/mol. The summed E-state index contributed by atoms with van der Waals surface area (Å²) in [7, 11) is -3.67. The van der Waals surface area contributed by atoms with Gasteiger partial charge >= 0.3 is 0 Å². The highest BCUT2D eigenvalue weighted by atomic mass is 79.9. The monoisotopic (exact) mass is 444 g/mol. The molecule has 1 saturated heterocycles. The topological polar surface area (TPSA) is 57.7 Å². The lowest BCUT2D eigenvalue weighted by Crippen LogP contribution is -2.50. The Morgan fingerprint density at radius 1 is 0.962 bits per heavy atom. The largest absolute Gasteiger partial charge is 0.336 e. The van der Waals surface area contributed by atoms with Gasteiger partial charge in [-0.3, -0.25) is 4.79 Å². The number of carbonyl (C=O) groups excluding carboxylic acids is 1. The van der Waals surface area contributed by atoms with Crippen LogP contribution in [0.2, 0.25) is 0 Å². The molecule has 0 bridgehead atoms. The van der Waals surface area contributed by atoms with Crippen LogP contribution in [0.5, 0.6) is 0 Å². The summed E-state index contributed by atoms with van der Waals surface area (Å²) in [5.41, 5.74) is -0.0919. The first-order valence-corrected chi connectivity index (χ1v) is 10.0. The van der Waals surface area contributed by atoms with Crippen molar-refractivity contribution in [3.05, 3.63) is 64.1 Å². The van der Waals surface area contributed by atoms with Crippen LogP contribution in [0.25, 0.3) is 0 Å². The molecule has 9 heteroatoms. The van der Waals surface area contributed by atoms with Crippen LogP contribution in [0, 0.1) is 11.6 Å². The molecule has 0 unspecified atom stereocenters. The first-order chi connectivity index (χ1) is 12.3. The Morgan fingerprint density at radius 3 is 2.15 bits per heavy atom. The highest BCUT2D eigenvalue weighted by Gasteiger charge is 2.30. The van der Waals surface area contributed by atoms with Gasteiger partial charge in [-0.25, -0.2) is 17.2 Å². The van der Waals surface area contributed by atoms with Crippen LogP contribution < -0.4 is 0 Å². The number of nitrogens with zero attached hydrogens (tertiary/aromatic N) is 2. The van der Waals surface area contributed by atoms with Gasteiger partial charge in [0.1, 0.15) is 11.6 Å². The molecule has 138 valence electrons. The van der Waals surface area contributed by atoms with E-state index < -0.39 is 27.6 Å². The van der Waals surface area contributed by atoms with Crippen molar-refractivity contribution in [2.45, 2.75) is 4.90 Å². The van der Waals surface area contributed by atoms with E-state index in [1.807, 2.05) is 0 Å². The van der Waals surface area contributed by atoms with E-state index in [-0.39, 0.29) is 36.6 Å². The fourth-order valence-corrected chi connectivity index (χ4v) is 4.79. The molecule has 5 nitrogen and oxygen atoms in total. The summed E-state index contributed by atoms with van der Waals surface area (Å²) in [5.74, 6) is -2.18. The van der Waals surface area contributed by atoms with Crippen molar-refractivity contribution in [3.63, 3.8) is 0 Å². The minimum absolute atomic E-state index is 0.0919. The summed E-state index contributed by atoms with van der Waals surface area (Å²) >= 11 is 3.25. The lowest BCUT2D eigenvalue weighted by atomic mass is 10.1. The second-order valence-corrected chi connectivity index (χ2v) is 8.67. The van der Waals surface area contributed by atoms with Gasteiger partial charge in [-0.15, -0.1) is 0 Å². The quantitative estimate of drug-likeness (QED) is 0.731. The second-order valence-electron chi connectivity index (χ2n) is 5.81. The molecule has 1 amide bonds. The fourth-order valence-electron chi connectivity index (χ4n) is 2.77. The van der Waals surface area contributed by atoms with Gasteiger partial charge in [0.2, 0.25) is 10.0 Å². The van der Waals surface area contributed by atoms with E-state index in [9.17, 15) is 22.0 Å². The molecule has 0 saturated carbocycles. The molecule has 1 aliphatic heterocycles. The summed E-state index contributed by atoms with van der Waals surface area (Å²) in [4.78, 5) is 13.9. The third-order valence-corrected chi connectivity index (χ3v) is 6.46. The van der Waals surface area contributed by atoms with Crippen LogP contribution in [0.15, 0.2) is 51.8 Å². The maximum atomic E-state index is 13.3. The van der Waals surface area contributed by atoms with Crippen molar-refractivity contribution in [3.8, 4) is 0 Å². The number of sulfonamides is 1. The molecule has 1 heterocycles. The highest BCUT2D eigenvalue weighted by Crippen LogP contribution is 2.22. The molecule has 1 aliphatic rings. The van der Waals surface area contributed by atoms with Crippen molar-refractivity contribution < 1.29 is 22.0 Å². The van der Waals surface area contributed by atoms with Crippen LogP contribution in [0.4, 0.5) is 8.78 Å². The SMILES string of the molecule is O=C(c1cc(F)cc(F)c1)N1CCN(S(=O)(=O)c2cccc(Br)c2)CC1. The Labute approximate surface area is 158 Å². The Morgan fingerprint density at radius 2 is 1.58 bits per heavy atom. The van der Waals surface area contributed by atoms with E-state index in [4.69, 9.17) is 0 Å². The Hall–Kier alpha value is -1.84. The van der Waals surface area contributed by atoms with E-state index in [2.05, 4.69) is 15.9 Å². The number of amides is 1. The number of piperazine rings is 1. The summed E-state index contributed by atoms with van der Waals surface area (Å²) in [6.45, 7) is 0.505. The van der Waals surface area contributed by atoms with Gasteiger partial charge < -0.3 is 4.90 Å². The first-order valence-electron chi connectivity index (χ1n) is 7.78. The van der Waals surface area contributed by atoms with Gasteiger partial charge in [-0.2, -0.15) is 4.31 Å². The molecule has 26 heavy (non-hydrogen) atoms. The number of carbonyl (C=O) groups is 1. The van der Waals surface area contributed by atoms with Crippen LogP contribution in [-0.4, -0.2) is 49.7 Å². The zero-order chi connectivity index (χ0) is 18.9. The molecule has 0 aliphatic carbocycles. The van der Waals surface area contributed by atoms with Gasteiger partial charge in [0.25, 0.3) is 5.91 Å². The van der Waals surface area contributed by atoms with Gasteiger partial charge in [0.05, 0.1) is 4.90 Å². The zero-order valence-corrected chi connectivity index (χ0v) is 15.9. The zero-order valence-electron chi connectivity index (χ0n) is 13.5. The van der Waals surface area contributed by atoms with Crippen molar-refractivity contribution >= 4 is 31.9 Å². The van der Waals surface area contributed by atoms with Crippen molar-refractivity contribution in [2.75, 3.05) is 26.2 Å². The van der Waals surface area contributed by atoms with E-state index >= 15 is 0 Å². The maximum absolute atomic E-state index is 13.3. The van der Waals surface area contributed by atoms with Crippen LogP contribution >= 0.6 is 15.9 Å². The average Bonchev–Trinajstić information content (AvgIpc) is 2.60. The predicted molar refractivity (Wildman–Crippen MR) is 95.2 cm³/mol. The van der Waals surface area contributed by atoms with E-state index in [1.54, 1.807) is 12.1 Å². The van der Waals surface area contributed by atoms with Gasteiger partial charge in [-0.1, -0.05) is 22.0 Å². The molecule has 0 N–H and O–H groups in total. The minimum atomic E-state index is -3.67. The van der Waals surface area contributed by atoms with Crippen molar-refractivity contribution in [1.29, 1.82) is 0 Å². The van der Waals surface area contributed by atoms with Crippen LogP contribution in [0.1, 0.15) is 10.4 Å². The van der Waals surface area contributed by atoms with E-state index in [0.29, 0.717) is 10.5 Å². The summed E-state index contributed by atoms with van der Waals surface area (Å²) in [6, 6.07) is 9.02. The normalized spacial score (nSPS) is 15.9. The lowest BCUT2D eigenvalue weighted by Gasteiger charge is -2.34.